The van der Waals surface area contributed by atoms with E-state index in [4.69, 9.17) is 5.26 Å². The molecule has 0 saturated carbocycles. The predicted octanol–water partition coefficient (Wildman–Crippen LogP) is 3.06. The van der Waals surface area contributed by atoms with E-state index in [9.17, 15) is 0 Å². The molecular formula is C11H7NS. The Balaban J connectivity index is 2.38. The Labute approximate surface area is 80.2 Å². The van der Waals surface area contributed by atoms with Crippen LogP contribution >= 0.6 is 11.3 Å². The number of hydrogen-bond acceptors (Lipinski definition) is 2. The molecule has 1 nitrogen and oxygen atoms in total. The van der Waals surface area contributed by atoms with E-state index in [0.29, 0.717) is 0 Å². The van der Waals surface area contributed by atoms with Gasteiger partial charge in [-0.2, -0.15) is 5.26 Å². The van der Waals surface area contributed by atoms with E-state index in [0.717, 1.165) is 6.42 Å². The molecule has 62 valence electrons. The van der Waals surface area contributed by atoms with Gasteiger partial charge in [0.15, 0.2) is 0 Å². The minimum Gasteiger partial charge on any atom is -0.198 e. The van der Waals surface area contributed by atoms with Crippen LogP contribution in [0.2, 0.25) is 0 Å². The van der Waals surface area contributed by atoms with Crippen LogP contribution in [-0.2, 0) is 6.42 Å². The monoisotopic (exact) mass is 185 g/mol. The summed E-state index contributed by atoms with van der Waals surface area (Å²) >= 11 is 1.75. The quantitative estimate of drug-likeness (QED) is 0.618. The fourth-order valence-electron chi connectivity index (χ4n) is 2.00. The van der Waals surface area contributed by atoms with Crippen LogP contribution in [0.1, 0.15) is 17.0 Å². The zero-order valence-corrected chi connectivity index (χ0v) is 7.77. The van der Waals surface area contributed by atoms with Crippen LogP contribution in [0.4, 0.5) is 0 Å². The van der Waals surface area contributed by atoms with Crippen LogP contribution < -0.4 is 0 Å². The molecular weight excluding hydrogens is 178 g/mol. The van der Waals surface area contributed by atoms with Crippen LogP contribution in [0, 0.1) is 11.3 Å². The number of nitrogens with zero attached hydrogens (tertiary/aromatic N) is 1. The second kappa shape index (κ2) is 2.34. The largest absolute Gasteiger partial charge is 0.198 e. The molecule has 2 aromatic rings. The zero-order chi connectivity index (χ0) is 8.84. The van der Waals surface area contributed by atoms with Gasteiger partial charge in [-0.3, -0.25) is 0 Å². The van der Waals surface area contributed by atoms with Crippen molar-refractivity contribution in [3.8, 4) is 6.07 Å². The molecule has 1 aliphatic rings. The first-order valence-corrected chi connectivity index (χ1v) is 5.16. The van der Waals surface area contributed by atoms with Crippen molar-refractivity contribution in [2.24, 2.45) is 0 Å². The third-order valence-corrected chi connectivity index (χ3v) is 3.58. The van der Waals surface area contributed by atoms with Crippen molar-refractivity contribution in [3.05, 3.63) is 34.7 Å². The van der Waals surface area contributed by atoms with Crippen LogP contribution in [-0.4, -0.2) is 0 Å². The van der Waals surface area contributed by atoms with Gasteiger partial charge >= 0.3 is 0 Å². The van der Waals surface area contributed by atoms with Crippen LogP contribution in [0.5, 0.6) is 0 Å². The summed E-state index contributed by atoms with van der Waals surface area (Å²) < 4.78 is 1.30. The minimum absolute atomic E-state index is 0.147. The number of nitriles is 1. The highest BCUT2D eigenvalue weighted by Gasteiger charge is 2.27. The number of rotatable bonds is 0. The Morgan fingerprint density at radius 2 is 2.31 bits per heavy atom. The highest BCUT2D eigenvalue weighted by molar-refractivity contribution is 7.17. The fourth-order valence-corrected chi connectivity index (χ4v) is 2.80. The molecule has 0 aliphatic heterocycles. The van der Waals surface area contributed by atoms with Gasteiger partial charge in [0.05, 0.1) is 12.0 Å². The highest BCUT2D eigenvalue weighted by Crippen LogP contribution is 2.41. The van der Waals surface area contributed by atoms with E-state index in [1.54, 1.807) is 11.3 Å². The first kappa shape index (κ1) is 7.11. The van der Waals surface area contributed by atoms with Gasteiger partial charge in [-0.15, -0.1) is 11.3 Å². The molecule has 1 atom stereocenters. The van der Waals surface area contributed by atoms with Crippen molar-refractivity contribution in [2.75, 3.05) is 0 Å². The van der Waals surface area contributed by atoms with Crippen molar-refractivity contribution >= 4 is 21.4 Å². The zero-order valence-electron chi connectivity index (χ0n) is 6.95. The second-order valence-corrected chi connectivity index (χ2v) is 4.30. The summed E-state index contributed by atoms with van der Waals surface area (Å²) in [6, 6.07) is 8.79. The number of thiophene rings is 1. The second-order valence-electron chi connectivity index (χ2n) is 3.36. The Morgan fingerprint density at radius 3 is 3.15 bits per heavy atom. The van der Waals surface area contributed by atoms with Crippen molar-refractivity contribution in [1.82, 2.24) is 0 Å². The van der Waals surface area contributed by atoms with Gasteiger partial charge in [0.25, 0.3) is 0 Å². The van der Waals surface area contributed by atoms with Crippen LogP contribution in [0.15, 0.2) is 23.6 Å². The Morgan fingerprint density at radius 1 is 1.38 bits per heavy atom. The van der Waals surface area contributed by atoms with Crippen LogP contribution in [0.25, 0.3) is 10.1 Å². The molecule has 13 heavy (non-hydrogen) atoms. The summed E-state index contributed by atoms with van der Waals surface area (Å²) in [6.07, 6.45) is 0.942. The normalized spacial score (nSPS) is 19.2. The molecule has 3 rings (SSSR count). The highest BCUT2D eigenvalue weighted by atomic mass is 32.1. The summed E-state index contributed by atoms with van der Waals surface area (Å²) in [5.74, 6) is 0.147. The summed E-state index contributed by atoms with van der Waals surface area (Å²) in [6.45, 7) is 0. The molecule has 0 fully saturated rings. The predicted molar refractivity (Wildman–Crippen MR) is 53.9 cm³/mol. The summed E-state index contributed by atoms with van der Waals surface area (Å²) in [5.41, 5.74) is 2.64. The van der Waals surface area contributed by atoms with Gasteiger partial charge in [-0.05, 0) is 40.4 Å². The van der Waals surface area contributed by atoms with E-state index in [-0.39, 0.29) is 5.92 Å². The van der Waals surface area contributed by atoms with E-state index < -0.39 is 0 Å². The average molecular weight is 185 g/mol. The molecule has 1 aliphatic carbocycles. The number of hydrogen-bond donors (Lipinski definition) is 0. The molecule has 1 aromatic heterocycles. The van der Waals surface area contributed by atoms with E-state index in [1.165, 1.54) is 21.2 Å². The van der Waals surface area contributed by atoms with Gasteiger partial charge in [-0.1, -0.05) is 6.07 Å². The lowest BCUT2D eigenvalue weighted by atomic mass is 9.77. The van der Waals surface area contributed by atoms with E-state index in [2.05, 4.69) is 29.6 Å². The van der Waals surface area contributed by atoms with Crippen molar-refractivity contribution < 1.29 is 0 Å². The molecule has 0 radical (unpaired) electrons. The molecule has 0 bridgehead atoms. The standard InChI is InChI=1S/C11H7NS/c12-6-8-5-7-1-2-10-9(11(7)8)3-4-13-10/h1-4,8H,5H2. The van der Waals surface area contributed by atoms with Crippen molar-refractivity contribution in [2.45, 2.75) is 12.3 Å². The van der Waals surface area contributed by atoms with Gasteiger partial charge in [0.2, 0.25) is 0 Å². The lowest BCUT2D eigenvalue weighted by molar-refractivity contribution is 0.755. The van der Waals surface area contributed by atoms with Gasteiger partial charge in [-0.25, -0.2) is 0 Å². The van der Waals surface area contributed by atoms with Crippen LogP contribution in [0.3, 0.4) is 0 Å². The molecule has 1 unspecified atom stereocenters. The lowest BCUT2D eigenvalue weighted by Crippen LogP contribution is -2.15. The maximum absolute atomic E-state index is 8.88. The molecule has 2 heteroatoms. The first-order chi connectivity index (χ1) is 6.40. The molecule has 0 amide bonds. The van der Waals surface area contributed by atoms with Gasteiger partial charge in [0, 0.05) is 4.70 Å². The number of fused-ring (bicyclic) bond motifs is 3. The Kier molecular flexibility index (Phi) is 1.28. The third-order valence-electron chi connectivity index (χ3n) is 2.70. The van der Waals surface area contributed by atoms with E-state index >= 15 is 0 Å². The summed E-state index contributed by atoms with van der Waals surface area (Å²) in [4.78, 5) is 0. The topological polar surface area (TPSA) is 23.8 Å². The molecule has 0 N–H and O–H groups in total. The molecule has 0 saturated heterocycles. The van der Waals surface area contributed by atoms with Crippen molar-refractivity contribution in [1.29, 1.82) is 5.26 Å². The molecule has 0 spiro atoms. The average Bonchev–Trinajstić information content (AvgIpc) is 2.52. The summed E-state index contributed by atoms with van der Waals surface area (Å²) in [7, 11) is 0. The Hall–Kier alpha value is -1.33. The maximum Gasteiger partial charge on any atom is 0.0762 e. The van der Waals surface area contributed by atoms with E-state index in [1.807, 2.05) is 0 Å². The SMILES string of the molecule is N#CC1Cc2ccc3sccc3c21. The molecule has 1 heterocycles. The Bertz CT molecular complexity index is 518. The lowest BCUT2D eigenvalue weighted by Gasteiger charge is -2.25. The van der Waals surface area contributed by atoms with Gasteiger partial charge < -0.3 is 0 Å². The third kappa shape index (κ3) is 0.800. The maximum atomic E-state index is 8.88. The van der Waals surface area contributed by atoms with Crippen molar-refractivity contribution in [3.63, 3.8) is 0 Å². The minimum atomic E-state index is 0.147. The molecule has 1 aromatic carbocycles. The number of benzene rings is 1. The smallest absolute Gasteiger partial charge is 0.0762 e. The van der Waals surface area contributed by atoms with Gasteiger partial charge in [0.1, 0.15) is 0 Å². The fraction of sp³-hybridized carbons (Fsp3) is 0.182. The summed E-state index contributed by atoms with van der Waals surface area (Å²) in [5, 5.41) is 12.3. The first-order valence-electron chi connectivity index (χ1n) is 4.29.